The van der Waals surface area contributed by atoms with Crippen LogP contribution in [-0.4, -0.2) is 17.7 Å². The van der Waals surface area contributed by atoms with E-state index in [-0.39, 0.29) is 30.1 Å². The van der Waals surface area contributed by atoms with Crippen molar-refractivity contribution >= 4 is 23.4 Å². The lowest BCUT2D eigenvalue weighted by atomic mass is 9.94. The van der Waals surface area contributed by atoms with E-state index in [1.807, 2.05) is 24.3 Å². The summed E-state index contributed by atoms with van der Waals surface area (Å²) in [5.41, 5.74) is 2.95. The highest BCUT2D eigenvalue weighted by Crippen LogP contribution is 2.23. The fraction of sp³-hybridized carbons (Fsp3) is 0.421. The number of allylic oxidation sites excluding steroid dienone is 1. The van der Waals surface area contributed by atoms with Gasteiger partial charge in [-0.1, -0.05) is 24.1 Å². The third-order valence-corrected chi connectivity index (χ3v) is 4.60. The van der Waals surface area contributed by atoms with Gasteiger partial charge >= 0.3 is 0 Å². The van der Waals surface area contributed by atoms with Crippen LogP contribution in [0.4, 0.5) is 5.69 Å². The highest BCUT2D eigenvalue weighted by Gasteiger charge is 2.30. The van der Waals surface area contributed by atoms with E-state index < -0.39 is 0 Å². The third kappa shape index (κ3) is 4.31. The van der Waals surface area contributed by atoms with E-state index in [9.17, 15) is 14.4 Å². The third-order valence-electron chi connectivity index (χ3n) is 4.60. The molecule has 0 unspecified atom stereocenters. The van der Waals surface area contributed by atoms with Gasteiger partial charge in [0, 0.05) is 18.2 Å². The molecule has 1 aliphatic carbocycles. The second kappa shape index (κ2) is 7.43. The Morgan fingerprint density at radius 3 is 2.46 bits per heavy atom. The van der Waals surface area contributed by atoms with E-state index >= 15 is 0 Å². The van der Waals surface area contributed by atoms with E-state index in [4.69, 9.17) is 0 Å². The predicted octanol–water partition coefficient (Wildman–Crippen LogP) is 2.72. The molecule has 2 aliphatic rings. The molecule has 5 heteroatoms. The summed E-state index contributed by atoms with van der Waals surface area (Å²) in [6.45, 7) is 0. The van der Waals surface area contributed by atoms with Gasteiger partial charge in [-0.2, -0.15) is 0 Å². The summed E-state index contributed by atoms with van der Waals surface area (Å²) in [6, 6.07) is 7.45. The molecular formula is C19H22N2O3. The molecule has 2 N–H and O–H groups in total. The lowest BCUT2D eigenvalue weighted by Gasteiger charge is -2.13. The van der Waals surface area contributed by atoms with Crippen molar-refractivity contribution in [3.8, 4) is 0 Å². The SMILES string of the molecule is O=C(C=C1CCCCC1)Nc1ccc(C[C@H]2CC(=O)NC2=O)cc1. The van der Waals surface area contributed by atoms with Crippen molar-refractivity contribution in [3.05, 3.63) is 41.5 Å². The Morgan fingerprint density at radius 1 is 1.12 bits per heavy atom. The van der Waals surface area contributed by atoms with Gasteiger partial charge in [0.25, 0.3) is 0 Å². The summed E-state index contributed by atoms with van der Waals surface area (Å²) in [5.74, 6) is -0.768. The van der Waals surface area contributed by atoms with Crippen LogP contribution in [0.3, 0.4) is 0 Å². The van der Waals surface area contributed by atoms with Crippen LogP contribution in [0.2, 0.25) is 0 Å². The molecular weight excluding hydrogens is 304 g/mol. The van der Waals surface area contributed by atoms with Crippen molar-refractivity contribution in [2.45, 2.75) is 44.9 Å². The number of nitrogens with one attached hydrogen (secondary N) is 2. The molecule has 1 aromatic rings. The first kappa shape index (κ1) is 16.4. The average Bonchev–Trinajstić information content (AvgIpc) is 2.87. The maximum Gasteiger partial charge on any atom is 0.248 e. The number of benzene rings is 1. The predicted molar refractivity (Wildman–Crippen MR) is 91.2 cm³/mol. The molecule has 24 heavy (non-hydrogen) atoms. The molecule has 1 aliphatic heterocycles. The van der Waals surface area contributed by atoms with Gasteiger partial charge < -0.3 is 5.32 Å². The van der Waals surface area contributed by atoms with Crippen LogP contribution in [0.15, 0.2) is 35.9 Å². The monoisotopic (exact) mass is 326 g/mol. The van der Waals surface area contributed by atoms with Crippen molar-refractivity contribution in [2.24, 2.45) is 5.92 Å². The molecule has 1 saturated heterocycles. The van der Waals surface area contributed by atoms with E-state index in [0.717, 1.165) is 24.1 Å². The highest BCUT2D eigenvalue weighted by molar-refractivity contribution is 6.03. The summed E-state index contributed by atoms with van der Waals surface area (Å²) in [4.78, 5) is 34.8. The van der Waals surface area contributed by atoms with E-state index in [2.05, 4.69) is 10.6 Å². The fourth-order valence-corrected chi connectivity index (χ4v) is 3.29. The van der Waals surface area contributed by atoms with Crippen LogP contribution in [0.25, 0.3) is 0 Å². The molecule has 1 heterocycles. The first-order valence-corrected chi connectivity index (χ1v) is 8.53. The van der Waals surface area contributed by atoms with Crippen molar-refractivity contribution in [1.82, 2.24) is 5.32 Å². The molecule has 1 saturated carbocycles. The van der Waals surface area contributed by atoms with E-state index in [1.165, 1.54) is 24.8 Å². The molecule has 126 valence electrons. The van der Waals surface area contributed by atoms with Crippen molar-refractivity contribution < 1.29 is 14.4 Å². The number of carbonyl (C=O) groups excluding carboxylic acids is 3. The summed E-state index contributed by atoms with van der Waals surface area (Å²) in [6.07, 6.45) is 8.16. The second-order valence-electron chi connectivity index (χ2n) is 6.57. The second-order valence-corrected chi connectivity index (χ2v) is 6.57. The van der Waals surface area contributed by atoms with Gasteiger partial charge in [-0.05, 0) is 49.8 Å². The molecule has 0 bridgehead atoms. The standard InChI is InChI=1S/C19H22N2O3/c22-17(11-13-4-2-1-3-5-13)20-16-8-6-14(7-9-16)10-15-12-18(23)21-19(15)24/h6-9,11,15H,1-5,10,12H2,(H,20,22)(H,21,23,24)/t15-/m0/s1. The van der Waals surface area contributed by atoms with Crippen molar-refractivity contribution in [1.29, 1.82) is 0 Å². The summed E-state index contributed by atoms with van der Waals surface area (Å²) in [7, 11) is 0. The summed E-state index contributed by atoms with van der Waals surface area (Å²) >= 11 is 0. The molecule has 0 aromatic heterocycles. The Labute approximate surface area is 141 Å². The normalized spacial score (nSPS) is 20.7. The first-order valence-electron chi connectivity index (χ1n) is 8.53. The molecule has 5 nitrogen and oxygen atoms in total. The van der Waals surface area contributed by atoms with Crippen LogP contribution in [0, 0.1) is 5.92 Å². The van der Waals surface area contributed by atoms with Crippen LogP contribution in [-0.2, 0) is 20.8 Å². The van der Waals surface area contributed by atoms with Gasteiger partial charge in [0.05, 0.1) is 5.92 Å². The minimum atomic E-state index is -0.283. The number of imide groups is 1. The number of carbonyl (C=O) groups is 3. The number of hydrogen-bond acceptors (Lipinski definition) is 3. The first-order chi connectivity index (χ1) is 11.6. The van der Waals surface area contributed by atoms with Crippen LogP contribution in [0.5, 0.6) is 0 Å². The maximum absolute atomic E-state index is 12.0. The van der Waals surface area contributed by atoms with Gasteiger partial charge in [-0.25, -0.2) is 0 Å². The Hall–Kier alpha value is -2.43. The zero-order valence-corrected chi connectivity index (χ0v) is 13.6. The van der Waals surface area contributed by atoms with E-state index in [0.29, 0.717) is 6.42 Å². The van der Waals surface area contributed by atoms with Crippen molar-refractivity contribution in [3.63, 3.8) is 0 Å². The quantitative estimate of drug-likeness (QED) is 0.660. The van der Waals surface area contributed by atoms with Gasteiger partial charge in [0.1, 0.15) is 0 Å². The number of rotatable bonds is 4. The van der Waals surface area contributed by atoms with Gasteiger partial charge in [0.2, 0.25) is 17.7 Å². The topological polar surface area (TPSA) is 75.3 Å². The van der Waals surface area contributed by atoms with Crippen LogP contribution < -0.4 is 10.6 Å². The van der Waals surface area contributed by atoms with Crippen molar-refractivity contribution in [2.75, 3.05) is 5.32 Å². The van der Waals surface area contributed by atoms with Gasteiger partial charge in [-0.3, -0.25) is 19.7 Å². The largest absolute Gasteiger partial charge is 0.323 e. The molecule has 0 radical (unpaired) electrons. The zero-order chi connectivity index (χ0) is 16.9. The highest BCUT2D eigenvalue weighted by atomic mass is 16.2. The molecule has 0 spiro atoms. The number of anilines is 1. The minimum absolute atomic E-state index is 0.0829. The number of hydrogen-bond donors (Lipinski definition) is 2. The fourth-order valence-electron chi connectivity index (χ4n) is 3.29. The van der Waals surface area contributed by atoms with E-state index in [1.54, 1.807) is 6.08 Å². The lowest BCUT2D eigenvalue weighted by Crippen LogP contribution is -2.22. The summed E-state index contributed by atoms with van der Waals surface area (Å²) in [5, 5.41) is 5.20. The van der Waals surface area contributed by atoms with Gasteiger partial charge in [-0.15, -0.1) is 0 Å². The summed E-state index contributed by atoms with van der Waals surface area (Å²) < 4.78 is 0. The Balaban J connectivity index is 1.55. The minimum Gasteiger partial charge on any atom is -0.323 e. The molecule has 1 aromatic carbocycles. The maximum atomic E-state index is 12.0. The Kier molecular flexibility index (Phi) is 5.08. The molecule has 1 atom stereocenters. The van der Waals surface area contributed by atoms with Crippen LogP contribution in [0.1, 0.15) is 44.1 Å². The smallest absolute Gasteiger partial charge is 0.248 e. The lowest BCUT2D eigenvalue weighted by molar-refractivity contribution is -0.125. The van der Waals surface area contributed by atoms with Crippen LogP contribution >= 0.6 is 0 Å². The zero-order valence-electron chi connectivity index (χ0n) is 13.6. The molecule has 3 rings (SSSR count). The van der Waals surface area contributed by atoms with Gasteiger partial charge in [0.15, 0.2) is 0 Å². The average molecular weight is 326 g/mol. The number of amides is 3. The Morgan fingerprint density at radius 2 is 1.83 bits per heavy atom. The molecule has 3 amide bonds. The molecule has 2 fully saturated rings. The Bertz CT molecular complexity index is 668.